The predicted octanol–water partition coefficient (Wildman–Crippen LogP) is 4.22. The van der Waals surface area contributed by atoms with E-state index in [0.29, 0.717) is 23.1 Å². The fourth-order valence-electron chi connectivity index (χ4n) is 2.05. The number of benzene rings is 2. The SMILES string of the molecule is CN(C)CCOc1cc(NC(=O)Cc2ccccc2Cl)ccc1Br. The number of hydrogen-bond acceptors (Lipinski definition) is 3. The van der Waals surface area contributed by atoms with Gasteiger partial charge in [0.05, 0.1) is 10.9 Å². The van der Waals surface area contributed by atoms with Crippen LogP contribution in [0.4, 0.5) is 5.69 Å². The molecule has 2 rings (SSSR count). The highest BCUT2D eigenvalue weighted by Crippen LogP contribution is 2.28. The largest absolute Gasteiger partial charge is 0.491 e. The van der Waals surface area contributed by atoms with Crippen molar-refractivity contribution in [3.8, 4) is 5.75 Å². The van der Waals surface area contributed by atoms with Gasteiger partial charge < -0.3 is 15.0 Å². The fourth-order valence-corrected chi connectivity index (χ4v) is 2.61. The van der Waals surface area contributed by atoms with Crippen LogP contribution in [0.5, 0.6) is 5.75 Å². The number of ether oxygens (including phenoxy) is 1. The lowest BCUT2D eigenvalue weighted by Gasteiger charge is -2.13. The average molecular weight is 412 g/mol. The first kappa shape index (κ1) is 18.8. The Morgan fingerprint density at radius 2 is 2.00 bits per heavy atom. The molecule has 24 heavy (non-hydrogen) atoms. The first-order valence-electron chi connectivity index (χ1n) is 7.56. The highest BCUT2D eigenvalue weighted by molar-refractivity contribution is 9.10. The number of likely N-dealkylation sites (N-methyl/N-ethyl adjacent to an activating group) is 1. The summed E-state index contributed by atoms with van der Waals surface area (Å²) in [6.07, 6.45) is 0.229. The molecule has 0 aliphatic heterocycles. The Morgan fingerprint density at radius 3 is 2.71 bits per heavy atom. The number of nitrogens with one attached hydrogen (secondary N) is 1. The van der Waals surface area contributed by atoms with Crippen LogP contribution in [0, 0.1) is 0 Å². The van der Waals surface area contributed by atoms with Gasteiger partial charge in [-0.1, -0.05) is 29.8 Å². The van der Waals surface area contributed by atoms with Crippen LogP contribution in [-0.2, 0) is 11.2 Å². The maximum absolute atomic E-state index is 12.2. The zero-order valence-corrected chi connectivity index (χ0v) is 16.0. The van der Waals surface area contributed by atoms with Gasteiger partial charge >= 0.3 is 0 Å². The number of rotatable bonds is 7. The lowest BCUT2D eigenvalue weighted by molar-refractivity contribution is -0.115. The lowest BCUT2D eigenvalue weighted by atomic mass is 10.1. The Bertz CT molecular complexity index is 707. The molecular weight excluding hydrogens is 392 g/mol. The first-order valence-corrected chi connectivity index (χ1v) is 8.73. The molecule has 0 spiro atoms. The van der Waals surface area contributed by atoms with Crippen molar-refractivity contribution in [1.29, 1.82) is 0 Å². The van der Waals surface area contributed by atoms with E-state index in [-0.39, 0.29) is 12.3 Å². The second-order valence-corrected chi connectivity index (χ2v) is 6.87. The van der Waals surface area contributed by atoms with Gasteiger partial charge in [0, 0.05) is 23.3 Å². The van der Waals surface area contributed by atoms with E-state index in [1.807, 2.05) is 55.4 Å². The Hall–Kier alpha value is -1.56. The van der Waals surface area contributed by atoms with Crippen LogP contribution in [0.1, 0.15) is 5.56 Å². The van der Waals surface area contributed by atoms with Crippen LogP contribution in [0.25, 0.3) is 0 Å². The Labute approximate surface area is 155 Å². The van der Waals surface area contributed by atoms with Gasteiger partial charge in [-0.15, -0.1) is 0 Å². The summed E-state index contributed by atoms with van der Waals surface area (Å²) in [5, 5.41) is 3.47. The predicted molar refractivity (Wildman–Crippen MR) is 102 cm³/mol. The van der Waals surface area contributed by atoms with E-state index in [2.05, 4.69) is 21.2 Å². The molecule has 0 saturated carbocycles. The quantitative estimate of drug-likeness (QED) is 0.741. The number of halogens is 2. The van der Waals surface area contributed by atoms with Crippen LogP contribution in [0.3, 0.4) is 0 Å². The maximum atomic E-state index is 12.2. The molecule has 2 aromatic rings. The van der Waals surface area contributed by atoms with Gasteiger partial charge in [-0.3, -0.25) is 4.79 Å². The molecule has 2 aromatic carbocycles. The van der Waals surface area contributed by atoms with E-state index in [4.69, 9.17) is 16.3 Å². The minimum Gasteiger partial charge on any atom is -0.491 e. The van der Waals surface area contributed by atoms with Crippen molar-refractivity contribution in [2.45, 2.75) is 6.42 Å². The Morgan fingerprint density at radius 1 is 1.25 bits per heavy atom. The molecule has 0 saturated heterocycles. The van der Waals surface area contributed by atoms with Crippen molar-refractivity contribution >= 4 is 39.1 Å². The summed E-state index contributed by atoms with van der Waals surface area (Å²) in [5.74, 6) is 0.581. The summed E-state index contributed by atoms with van der Waals surface area (Å²) in [4.78, 5) is 14.2. The molecule has 6 heteroatoms. The molecule has 0 aromatic heterocycles. The second kappa shape index (κ2) is 9.06. The molecule has 0 radical (unpaired) electrons. The van der Waals surface area contributed by atoms with Gasteiger partial charge in [0.15, 0.2) is 0 Å². The number of hydrogen-bond donors (Lipinski definition) is 1. The monoisotopic (exact) mass is 410 g/mol. The van der Waals surface area contributed by atoms with E-state index in [1.54, 1.807) is 6.07 Å². The number of anilines is 1. The molecule has 1 N–H and O–H groups in total. The Kier molecular flexibility index (Phi) is 7.09. The van der Waals surface area contributed by atoms with Crippen molar-refractivity contribution in [1.82, 2.24) is 4.90 Å². The topological polar surface area (TPSA) is 41.6 Å². The molecule has 128 valence electrons. The smallest absolute Gasteiger partial charge is 0.228 e. The average Bonchev–Trinajstić information content (AvgIpc) is 2.52. The van der Waals surface area contributed by atoms with Gasteiger partial charge in [0.1, 0.15) is 12.4 Å². The zero-order chi connectivity index (χ0) is 17.5. The van der Waals surface area contributed by atoms with E-state index in [9.17, 15) is 4.79 Å². The van der Waals surface area contributed by atoms with Gasteiger partial charge in [-0.05, 0) is 53.8 Å². The normalized spacial score (nSPS) is 10.7. The molecule has 0 fully saturated rings. The summed E-state index contributed by atoms with van der Waals surface area (Å²) >= 11 is 9.55. The van der Waals surface area contributed by atoms with E-state index in [1.165, 1.54) is 0 Å². The molecular formula is C18H20BrClN2O2. The Balaban J connectivity index is 1.99. The van der Waals surface area contributed by atoms with Crippen molar-refractivity contribution in [3.05, 3.63) is 57.5 Å². The number of carbonyl (C=O) groups excluding carboxylic acids is 1. The van der Waals surface area contributed by atoms with Gasteiger partial charge in [0.2, 0.25) is 5.91 Å². The number of carbonyl (C=O) groups is 1. The zero-order valence-electron chi connectivity index (χ0n) is 13.7. The highest BCUT2D eigenvalue weighted by Gasteiger charge is 2.09. The minimum atomic E-state index is -0.121. The molecule has 0 atom stereocenters. The van der Waals surface area contributed by atoms with Crippen molar-refractivity contribution in [3.63, 3.8) is 0 Å². The molecule has 0 heterocycles. The summed E-state index contributed by atoms with van der Waals surface area (Å²) in [7, 11) is 3.98. The molecule has 0 unspecified atom stereocenters. The summed E-state index contributed by atoms with van der Waals surface area (Å²) in [6, 6.07) is 12.8. The third kappa shape index (κ3) is 5.82. The molecule has 1 amide bonds. The highest BCUT2D eigenvalue weighted by atomic mass is 79.9. The van der Waals surface area contributed by atoms with Crippen LogP contribution in [-0.4, -0.2) is 38.1 Å². The third-order valence-electron chi connectivity index (χ3n) is 3.32. The van der Waals surface area contributed by atoms with Crippen LogP contribution < -0.4 is 10.1 Å². The first-order chi connectivity index (χ1) is 11.5. The molecule has 0 bridgehead atoms. The van der Waals surface area contributed by atoms with Gasteiger partial charge in [-0.2, -0.15) is 0 Å². The summed E-state index contributed by atoms with van der Waals surface area (Å²) in [6.45, 7) is 1.39. The maximum Gasteiger partial charge on any atom is 0.228 e. The minimum absolute atomic E-state index is 0.121. The molecule has 0 aliphatic carbocycles. The molecule has 0 aliphatic rings. The van der Waals surface area contributed by atoms with Crippen LogP contribution in [0.15, 0.2) is 46.9 Å². The van der Waals surface area contributed by atoms with Crippen molar-refractivity contribution in [2.75, 3.05) is 32.6 Å². The number of amides is 1. The molecule has 4 nitrogen and oxygen atoms in total. The van der Waals surface area contributed by atoms with E-state index in [0.717, 1.165) is 16.6 Å². The van der Waals surface area contributed by atoms with E-state index >= 15 is 0 Å². The van der Waals surface area contributed by atoms with Crippen LogP contribution >= 0.6 is 27.5 Å². The van der Waals surface area contributed by atoms with Crippen LogP contribution in [0.2, 0.25) is 5.02 Å². The third-order valence-corrected chi connectivity index (χ3v) is 4.34. The summed E-state index contributed by atoms with van der Waals surface area (Å²) < 4.78 is 6.60. The van der Waals surface area contributed by atoms with E-state index < -0.39 is 0 Å². The lowest BCUT2D eigenvalue weighted by Crippen LogP contribution is -2.19. The van der Waals surface area contributed by atoms with Crippen molar-refractivity contribution < 1.29 is 9.53 Å². The van der Waals surface area contributed by atoms with Gasteiger partial charge in [0.25, 0.3) is 0 Å². The second-order valence-electron chi connectivity index (χ2n) is 5.61. The standard InChI is InChI=1S/C18H20BrClN2O2/c1-22(2)9-10-24-17-12-14(7-8-15(17)19)21-18(23)11-13-5-3-4-6-16(13)20/h3-8,12H,9-11H2,1-2H3,(H,21,23). The number of nitrogens with zero attached hydrogens (tertiary/aromatic N) is 1. The summed E-state index contributed by atoms with van der Waals surface area (Å²) in [5.41, 5.74) is 1.49. The fraction of sp³-hybridized carbons (Fsp3) is 0.278. The van der Waals surface area contributed by atoms with Gasteiger partial charge in [-0.25, -0.2) is 0 Å². The van der Waals surface area contributed by atoms with Crippen molar-refractivity contribution in [2.24, 2.45) is 0 Å².